The molecule has 0 aromatic heterocycles. The topological polar surface area (TPSA) is 24.5 Å². The summed E-state index contributed by atoms with van der Waals surface area (Å²) in [4.78, 5) is 2.62. The van der Waals surface area contributed by atoms with E-state index in [-0.39, 0.29) is 0 Å². The number of morpholine rings is 1. The normalized spacial score (nSPS) is 37.0. The zero-order valence-corrected chi connectivity index (χ0v) is 14.1. The van der Waals surface area contributed by atoms with E-state index in [1.54, 1.807) is 0 Å². The Bertz CT molecular complexity index is 300. The minimum absolute atomic E-state index is 0.402. The Labute approximate surface area is 125 Å². The second kappa shape index (κ2) is 6.76. The molecule has 0 amide bonds. The van der Waals surface area contributed by atoms with Crippen LogP contribution in [0.1, 0.15) is 47.0 Å². The maximum atomic E-state index is 5.67. The molecule has 1 saturated heterocycles. The lowest BCUT2D eigenvalue weighted by Crippen LogP contribution is -2.49. The molecule has 1 aliphatic heterocycles. The standard InChI is InChI=1S/C17H34N2O/c1-13-11-19(8-9-20-13)12-14-10-15(17(2,3)4)6-7-16(14)18-5/h13-16,18H,6-12H2,1-5H3. The van der Waals surface area contributed by atoms with E-state index < -0.39 is 0 Å². The molecule has 0 radical (unpaired) electrons. The summed E-state index contributed by atoms with van der Waals surface area (Å²) in [6, 6.07) is 0.701. The summed E-state index contributed by atoms with van der Waals surface area (Å²) < 4.78 is 5.67. The van der Waals surface area contributed by atoms with Gasteiger partial charge >= 0.3 is 0 Å². The first-order valence-electron chi connectivity index (χ1n) is 8.41. The van der Waals surface area contributed by atoms with Gasteiger partial charge in [-0.2, -0.15) is 0 Å². The highest BCUT2D eigenvalue weighted by atomic mass is 16.5. The lowest BCUT2D eigenvalue weighted by molar-refractivity contribution is -0.0300. The lowest BCUT2D eigenvalue weighted by atomic mass is 9.67. The fourth-order valence-corrected chi connectivity index (χ4v) is 4.02. The van der Waals surface area contributed by atoms with E-state index in [1.165, 1.54) is 25.8 Å². The van der Waals surface area contributed by atoms with Crippen LogP contribution in [0.3, 0.4) is 0 Å². The van der Waals surface area contributed by atoms with Crippen LogP contribution in [0.25, 0.3) is 0 Å². The Morgan fingerprint density at radius 2 is 2.00 bits per heavy atom. The molecule has 1 aliphatic carbocycles. The monoisotopic (exact) mass is 282 g/mol. The van der Waals surface area contributed by atoms with Gasteiger partial charge in [0, 0.05) is 25.7 Å². The van der Waals surface area contributed by atoms with Gasteiger partial charge in [-0.15, -0.1) is 0 Å². The number of hydrogen-bond acceptors (Lipinski definition) is 3. The summed E-state index contributed by atoms with van der Waals surface area (Å²) >= 11 is 0. The Balaban J connectivity index is 1.94. The molecule has 0 aromatic carbocycles. The van der Waals surface area contributed by atoms with Gasteiger partial charge < -0.3 is 10.1 Å². The second-order valence-corrected chi connectivity index (χ2v) is 7.97. The SMILES string of the molecule is CNC1CCC(C(C)(C)C)CC1CN1CCOC(C)C1. The minimum Gasteiger partial charge on any atom is -0.376 e. The van der Waals surface area contributed by atoms with E-state index in [0.29, 0.717) is 17.6 Å². The molecular formula is C17H34N2O. The summed E-state index contributed by atoms with van der Waals surface area (Å²) in [6.45, 7) is 13.8. The molecular weight excluding hydrogens is 248 g/mol. The van der Waals surface area contributed by atoms with Crippen molar-refractivity contribution in [3.8, 4) is 0 Å². The number of hydrogen-bond donors (Lipinski definition) is 1. The molecule has 1 saturated carbocycles. The molecule has 0 spiro atoms. The molecule has 0 bridgehead atoms. The van der Waals surface area contributed by atoms with E-state index in [0.717, 1.165) is 31.5 Å². The fourth-order valence-electron chi connectivity index (χ4n) is 4.02. The van der Waals surface area contributed by atoms with Crippen molar-refractivity contribution < 1.29 is 4.74 Å². The summed E-state index contributed by atoms with van der Waals surface area (Å²) in [7, 11) is 2.14. The van der Waals surface area contributed by atoms with Gasteiger partial charge in [-0.1, -0.05) is 20.8 Å². The van der Waals surface area contributed by atoms with Crippen molar-refractivity contribution in [3.63, 3.8) is 0 Å². The number of nitrogens with zero attached hydrogens (tertiary/aromatic N) is 1. The van der Waals surface area contributed by atoms with Crippen molar-refractivity contribution in [1.29, 1.82) is 0 Å². The second-order valence-electron chi connectivity index (χ2n) is 7.97. The Morgan fingerprint density at radius 1 is 1.25 bits per heavy atom. The average molecular weight is 282 g/mol. The van der Waals surface area contributed by atoms with Crippen LogP contribution in [0.5, 0.6) is 0 Å². The van der Waals surface area contributed by atoms with Crippen LogP contribution in [0.15, 0.2) is 0 Å². The van der Waals surface area contributed by atoms with Crippen molar-refractivity contribution in [2.24, 2.45) is 17.3 Å². The van der Waals surface area contributed by atoms with Gasteiger partial charge in [0.25, 0.3) is 0 Å². The van der Waals surface area contributed by atoms with Crippen molar-refractivity contribution >= 4 is 0 Å². The molecule has 3 heteroatoms. The molecule has 20 heavy (non-hydrogen) atoms. The van der Waals surface area contributed by atoms with E-state index in [2.05, 4.69) is 45.0 Å². The van der Waals surface area contributed by atoms with Crippen molar-refractivity contribution in [1.82, 2.24) is 10.2 Å². The third-order valence-corrected chi connectivity index (χ3v) is 5.40. The molecule has 0 aromatic rings. The van der Waals surface area contributed by atoms with Crippen LogP contribution in [0.2, 0.25) is 0 Å². The smallest absolute Gasteiger partial charge is 0.0674 e. The maximum Gasteiger partial charge on any atom is 0.0674 e. The molecule has 2 rings (SSSR count). The highest BCUT2D eigenvalue weighted by molar-refractivity contribution is 4.90. The molecule has 118 valence electrons. The third kappa shape index (κ3) is 4.19. The summed E-state index contributed by atoms with van der Waals surface area (Å²) in [6.07, 6.45) is 4.49. The van der Waals surface area contributed by atoms with E-state index in [9.17, 15) is 0 Å². The van der Waals surface area contributed by atoms with Crippen molar-refractivity contribution in [3.05, 3.63) is 0 Å². The fraction of sp³-hybridized carbons (Fsp3) is 1.00. The first kappa shape index (κ1) is 16.3. The highest BCUT2D eigenvalue weighted by Gasteiger charge is 2.36. The Hall–Kier alpha value is -0.120. The quantitative estimate of drug-likeness (QED) is 0.861. The third-order valence-electron chi connectivity index (χ3n) is 5.40. The van der Waals surface area contributed by atoms with Gasteiger partial charge in [-0.25, -0.2) is 0 Å². The zero-order valence-electron chi connectivity index (χ0n) is 14.1. The van der Waals surface area contributed by atoms with Gasteiger partial charge in [0.05, 0.1) is 12.7 Å². The van der Waals surface area contributed by atoms with E-state index in [1.807, 2.05) is 0 Å². The molecule has 2 aliphatic rings. The highest BCUT2D eigenvalue weighted by Crippen LogP contribution is 2.40. The molecule has 3 nitrogen and oxygen atoms in total. The predicted molar refractivity (Wildman–Crippen MR) is 85.0 cm³/mol. The first-order valence-corrected chi connectivity index (χ1v) is 8.41. The number of ether oxygens (including phenoxy) is 1. The van der Waals surface area contributed by atoms with Gasteiger partial charge in [-0.05, 0) is 50.5 Å². The van der Waals surface area contributed by atoms with Crippen molar-refractivity contribution in [2.75, 3.05) is 33.3 Å². The van der Waals surface area contributed by atoms with Crippen LogP contribution in [0, 0.1) is 17.3 Å². The lowest BCUT2D eigenvalue weighted by Gasteiger charge is -2.44. The first-order chi connectivity index (χ1) is 9.40. The summed E-state index contributed by atoms with van der Waals surface area (Å²) in [5.41, 5.74) is 0.454. The molecule has 1 heterocycles. The van der Waals surface area contributed by atoms with Crippen LogP contribution < -0.4 is 5.32 Å². The number of rotatable bonds is 3. The van der Waals surface area contributed by atoms with Gasteiger partial charge in [0.1, 0.15) is 0 Å². The van der Waals surface area contributed by atoms with Gasteiger partial charge in [0.15, 0.2) is 0 Å². The average Bonchev–Trinajstić information content (AvgIpc) is 2.37. The summed E-state index contributed by atoms with van der Waals surface area (Å²) in [5.74, 6) is 1.67. The predicted octanol–water partition coefficient (Wildman–Crippen LogP) is 2.76. The number of nitrogens with one attached hydrogen (secondary N) is 1. The minimum atomic E-state index is 0.402. The maximum absolute atomic E-state index is 5.67. The van der Waals surface area contributed by atoms with Crippen LogP contribution in [-0.4, -0.2) is 50.3 Å². The van der Waals surface area contributed by atoms with Gasteiger partial charge in [0.2, 0.25) is 0 Å². The largest absolute Gasteiger partial charge is 0.376 e. The van der Waals surface area contributed by atoms with Gasteiger partial charge in [-0.3, -0.25) is 4.90 Å². The molecule has 4 unspecified atom stereocenters. The molecule has 4 atom stereocenters. The Morgan fingerprint density at radius 3 is 2.60 bits per heavy atom. The van der Waals surface area contributed by atoms with Crippen LogP contribution in [0.4, 0.5) is 0 Å². The molecule has 2 fully saturated rings. The van der Waals surface area contributed by atoms with E-state index >= 15 is 0 Å². The van der Waals surface area contributed by atoms with Crippen LogP contribution >= 0.6 is 0 Å². The summed E-state index contributed by atoms with van der Waals surface area (Å²) in [5, 5.41) is 3.57. The van der Waals surface area contributed by atoms with Crippen LogP contribution in [-0.2, 0) is 4.74 Å². The molecule has 1 N–H and O–H groups in total. The van der Waals surface area contributed by atoms with E-state index in [4.69, 9.17) is 4.74 Å². The Kier molecular flexibility index (Phi) is 5.49. The zero-order chi connectivity index (χ0) is 14.8. The van der Waals surface area contributed by atoms with Crippen molar-refractivity contribution in [2.45, 2.75) is 59.1 Å².